The van der Waals surface area contributed by atoms with Gasteiger partial charge in [-0.2, -0.15) is 0 Å². The molecule has 0 fully saturated rings. The van der Waals surface area contributed by atoms with Gasteiger partial charge >= 0.3 is 0 Å². The van der Waals surface area contributed by atoms with E-state index >= 15 is 0 Å². The zero-order valence-corrected chi connectivity index (χ0v) is 13.2. The number of benzene rings is 2. The van der Waals surface area contributed by atoms with Crippen LogP contribution in [0.15, 0.2) is 46.9 Å². The van der Waals surface area contributed by atoms with Gasteiger partial charge in [0.15, 0.2) is 0 Å². The average molecular weight is 319 g/mol. The smallest absolute Gasteiger partial charge is 0.0400 e. The fourth-order valence-corrected chi connectivity index (χ4v) is 2.19. The summed E-state index contributed by atoms with van der Waals surface area (Å²) >= 11 is 3.45. The third-order valence-corrected chi connectivity index (χ3v) is 3.65. The van der Waals surface area contributed by atoms with E-state index in [9.17, 15) is 0 Å². The van der Waals surface area contributed by atoms with Crippen LogP contribution >= 0.6 is 15.9 Å². The van der Waals surface area contributed by atoms with Gasteiger partial charge in [-0.05, 0) is 48.4 Å². The summed E-state index contributed by atoms with van der Waals surface area (Å²) in [5.74, 6) is 0. The van der Waals surface area contributed by atoms with Crippen LogP contribution in [0, 0.1) is 6.92 Å². The molecule has 19 heavy (non-hydrogen) atoms. The molecule has 0 aliphatic rings. The van der Waals surface area contributed by atoms with E-state index in [0.717, 1.165) is 11.0 Å². The molecule has 1 N–H and O–H groups in total. The Morgan fingerprint density at radius 2 is 1.74 bits per heavy atom. The van der Waals surface area contributed by atoms with Crippen LogP contribution in [0.1, 0.15) is 11.1 Å². The standard InChI is InChI=1S/C16H19BrN2/c1-12-10-15(19(2)3)8-9-16(12)18-11-13-4-6-14(17)7-5-13/h4-10,18H,11H2,1-3H3. The van der Waals surface area contributed by atoms with Gasteiger partial charge in [0.25, 0.3) is 0 Å². The summed E-state index contributed by atoms with van der Waals surface area (Å²) in [6.45, 7) is 2.98. The first kappa shape index (κ1) is 13.9. The van der Waals surface area contributed by atoms with Crippen LogP contribution in [-0.2, 0) is 6.54 Å². The van der Waals surface area contributed by atoms with E-state index in [1.54, 1.807) is 0 Å². The topological polar surface area (TPSA) is 15.3 Å². The Bertz CT molecular complexity index is 547. The second kappa shape index (κ2) is 6.11. The van der Waals surface area contributed by atoms with E-state index in [2.05, 4.69) is 89.6 Å². The molecule has 3 heteroatoms. The van der Waals surface area contributed by atoms with Gasteiger partial charge in [-0.1, -0.05) is 28.1 Å². The van der Waals surface area contributed by atoms with Crippen molar-refractivity contribution in [2.75, 3.05) is 24.3 Å². The summed E-state index contributed by atoms with van der Waals surface area (Å²) in [7, 11) is 4.12. The van der Waals surface area contributed by atoms with E-state index in [1.807, 2.05) is 0 Å². The molecule has 0 spiro atoms. The molecule has 0 atom stereocenters. The molecule has 0 unspecified atom stereocenters. The number of rotatable bonds is 4. The highest BCUT2D eigenvalue weighted by molar-refractivity contribution is 9.10. The van der Waals surface area contributed by atoms with E-state index in [4.69, 9.17) is 0 Å². The van der Waals surface area contributed by atoms with Gasteiger partial charge in [0.05, 0.1) is 0 Å². The highest BCUT2D eigenvalue weighted by Gasteiger charge is 2.01. The van der Waals surface area contributed by atoms with Gasteiger partial charge in [-0.25, -0.2) is 0 Å². The Labute approximate surface area is 123 Å². The second-order valence-corrected chi connectivity index (χ2v) is 5.79. The van der Waals surface area contributed by atoms with Crippen LogP contribution < -0.4 is 10.2 Å². The lowest BCUT2D eigenvalue weighted by molar-refractivity contribution is 1.11. The van der Waals surface area contributed by atoms with E-state index in [1.165, 1.54) is 22.5 Å². The molecule has 2 rings (SSSR count). The zero-order chi connectivity index (χ0) is 13.8. The van der Waals surface area contributed by atoms with Crippen LogP contribution in [0.25, 0.3) is 0 Å². The van der Waals surface area contributed by atoms with Crippen molar-refractivity contribution in [1.29, 1.82) is 0 Å². The van der Waals surface area contributed by atoms with Gasteiger partial charge in [-0.3, -0.25) is 0 Å². The number of anilines is 2. The average Bonchev–Trinajstić information content (AvgIpc) is 2.39. The maximum absolute atomic E-state index is 3.48. The van der Waals surface area contributed by atoms with Crippen LogP contribution in [0.2, 0.25) is 0 Å². The fourth-order valence-electron chi connectivity index (χ4n) is 1.92. The highest BCUT2D eigenvalue weighted by atomic mass is 79.9. The van der Waals surface area contributed by atoms with Crippen molar-refractivity contribution in [3.05, 3.63) is 58.1 Å². The van der Waals surface area contributed by atoms with Gasteiger partial charge in [0, 0.05) is 36.5 Å². The number of hydrogen-bond donors (Lipinski definition) is 1. The van der Waals surface area contributed by atoms with Gasteiger partial charge in [0.1, 0.15) is 0 Å². The van der Waals surface area contributed by atoms with Gasteiger partial charge in [0.2, 0.25) is 0 Å². The predicted octanol–water partition coefficient (Wildman–Crippen LogP) is 4.44. The largest absolute Gasteiger partial charge is 0.381 e. The molecule has 0 aliphatic carbocycles. The minimum atomic E-state index is 0.843. The predicted molar refractivity (Wildman–Crippen MR) is 87.0 cm³/mol. The molecule has 0 aromatic heterocycles. The maximum Gasteiger partial charge on any atom is 0.0400 e. The van der Waals surface area contributed by atoms with Gasteiger partial charge < -0.3 is 10.2 Å². The first-order valence-corrected chi connectivity index (χ1v) is 7.12. The van der Waals surface area contributed by atoms with Crippen LogP contribution in [-0.4, -0.2) is 14.1 Å². The monoisotopic (exact) mass is 318 g/mol. The number of nitrogens with one attached hydrogen (secondary N) is 1. The van der Waals surface area contributed by atoms with Crippen molar-refractivity contribution < 1.29 is 0 Å². The van der Waals surface area contributed by atoms with Crippen molar-refractivity contribution in [2.24, 2.45) is 0 Å². The molecular weight excluding hydrogens is 300 g/mol. The lowest BCUT2D eigenvalue weighted by Crippen LogP contribution is -2.09. The summed E-state index contributed by atoms with van der Waals surface area (Å²) in [5, 5.41) is 3.48. The third-order valence-electron chi connectivity index (χ3n) is 3.12. The van der Waals surface area contributed by atoms with Gasteiger partial charge in [-0.15, -0.1) is 0 Å². The molecule has 100 valence electrons. The van der Waals surface area contributed by atoms with Crippen LogP contribution in [0.3, 0.4) is 0 Å². The quantitative estimate of drug-likeness (QED) is 0.896. The summed E-state index contributed by atoms with van der Waals surface area (Å²) in [5.41, 5.74) is 4.96. The van der Waals surface area contributed by atoms with Crippen LogP contribution in [0.5, 0.6) is 0 Å². The van der Waals surface area contributed by atoms with E-state index in [-0.39, 0.29) is 0 Å². The van der Waals surface area contributed by atoms with Crippen molar-refractivity contribution >= 4 is 27.3 Å². The van der Waals surface area contributed by atoms with Crippen molar-refractivity contribution in [2.45, 2.75) is 13.5 Å². The Morgan fingerprint density at radius 1 is 1.05 bits per heavy atom. The Balaban J connectivity index is 2.05. The molecule has 0 amide bonds. The SMILES string of the molecule is Cc1cc(N(C)C)ccc1NCc1ccc(Br)cc1. The Kier molecular flexibility index (Phi) is 4.48. The number of aryl methyl sites for hydroxylation is 1. The Morgan fingerprint density at radius 3 is 2.32 bits per heavy atom. The molecular formula is C16H19BrN2. The number of halogens is 1. The number of hydrogen-bond acceptors (Lipinski definition) is 2. The molecule has 0 bridgehead atoms. The molecule has 2 aromatic carbocycles. The molecule has 2 nitrogen and oxygen atoms in total. The first-order valence-electron chi connectivity index (χ1n) is 6.32. The fraction of sp³-hybridized carbons (Fsp3) is 0.250. The normalized spacial score (nSPS) is 10.3. The maximum atomic E-state index is 3.48. The zero-order valence-electron chi connectivity index (χ0n) is 11.6. The molecule has 0 heterocycles. The highest BCUT2D eigenvalue weighted by Crippen LogP contribution is 2.22. The molecule has 2 aromatic rings. The minimum Gasteiger partial charge on any atom is -0.381 e. The van der Waals surface area contributed by atoms with E-state index < -0.39 is 0 Å². The summed E-state index contributed by atoms with van der Waals surface area (Å²) in [6, 6.07) is 14.9. The third kappa shape index (κ3) is 3.74. The van der Waals surface area contributed by atoms with Crippen LogP contribution in [0.4, 0.5) is 11.4 Å². The van der Waals surface area contributed by atoms with Crippen molar-refractivity contribution in [3.63, 3.8) is 0 Å². The lowest BCUT2D eigenvalue weighted by atomic mass is 10.1. The number of nitrogens with zero attached hydrogens (tertiary/aromatic N) is 1. The molecule has 0 aliphatic heterocycles. The molecule has 0 saturated carbocycles. The molecule has 0 radical (unpaired) electrons. The summed E-state index contributed by atoms with van der Waals surface area (Å²) in [6.07, 6.45) is 0. The van der Waals surface area contributed by atoms with Crippen molar-refractivity contribution in [1.82, 2.24) is 0 Å². The Hall–Kier alpha value is -1.48. The first-order chi connectivity index (χ1) is 9.06. The van der Waals surface area contributed by atoms with Crippen molar-refractivity contribution in [3.8, 4) is 0 Å². The summed E-state index contributed by atoms with van der Waals surface area (Å²) in [4.78, 5) is 2.12. The van der Waals surface area contributed by atoms with E-state index in [0.29, 0.717) is 0 Å². The summed E-state index contributed by atoms with van der Waals surface area (Å²) < 4.78 is 1.11. The second-order valence-electron chi connectivity index (χ2n) is 4.87. The minimum absolute atomic E-state index is 0.843. The lowest BCUT2D eigenvalue weighted by Gasteiger charge is -2.16. The molecule has 0 saturated heterocycles.